The van der Waals surface area contributed by atoms with Crippen LogP contribution in [0.3, 0.4) is 0 Å². The maximum absolute atomic E-state index is 12.1. The van der Waals surface area contributed by atoms with Gasteiger partial charge < -0.3 is 10.5 Å². The van der Waals surface area contributed by atoms with Crippen molar-refractivity contribution in [1.82, 2.24) is 0 Å². The summed E-state index contributed by atoms with van der Waals surface area (Å²) in [7, 11) is 0. The first kappa shape index (κ1) is 12.9. The van der Waals surface area contributed by atoms with E-state index >= 15 is 0 Å². The zero-order valence-electron chi connectivity index (χ0n) is 8.25. The molecule has 0 aromatic heterocycles. The first-order valence-corrected chi connectivity index (χ1v) is 5.56. The number of rotatable bonds is 5. The molecule has 0 fully saturated rings. The molecule has 0 unspecified atom stereocenters. The molecule has 0 aliphatic carbocycles. The predicted molar refractivity (Wildman–Crippen MR) is 60.0 cm³/mol. The molecule has 1 aromatic carbocycles. The van der Waals surface area contributed by atoms with Crippen molar-refractivity contribution < 1.29 is 18.3 Å². The summed E-state index contributed by atoms with van der Waals surface area (Å²) in [6.45, 7) is -2.93. The Balaban J connectivity index is 2.98. The molecular formula is C10H10BrF2NO2. The van der Waals surface area contributed by atoms with E-state index in [1.165, 1.54) is 18.2 Å². The lowest BCUT2D eigenvalue weighted by molar-refractivity contribution is -0.116. The van der Waals surface area contributed by atoms with E-state index in [0.717, 1.165) is 0 Å². The third-order valence-corrected chi connectivity index (χ3v) is 2.53. The Labute approximate surface area is 99.7 Å². The van der Waals surface area contributed by atoms with Gasteiger partial charge in [0, 0.05) is 17.7 Å². The van der Waals surface area contributed by atoms with Gasteiger partial charge in [0.05, 0.1) is 5.33 Å². The van der Waals surface area contributed by atoms with Gasteiger partial charge in [0.25, 0.3) is 0 Å². The zero-order chi connectivity index (χ0) is 12.1. The fourth-order valence-corrected chi connectivity index (χ4v) is 1.42. The second kappa shape index (κ2) is 5.79. The summed E-state index contributed by atoms with van der Waals surface area (Å²) in [5, 5.41) is 0.148. The minimum Gasteiger partial charge on any atom is -0.434 e. The molecule has 16 heavy (non-hydrogen) atoms. The fourth-order valence-electron chi connectivity index (χ4n) is 1.22. The molecule has 6 heteroatoms. The largest absolute Gasteiger partial charge is 0.434 e. The van der Waals surface area contributed by atoms with Crippen molar-refractivity contribution in [2.45, 2.75) is 13.0 Å². The minimum atomic E-state index is -2.93. The lowest BCUT2D eigenvalue weighted by Crippen LogP contribution is -2.10. The van der Waals surface area contributed by atoms with Crippen LogP contribution in [0.2, 0.25) is 0 Å². The highest BCUT2D eigenvalue weighted by atomic mass is 79.9. The van der Waals surface area contributed by atoms with E-state index in [9.17, 15) is 13.6 Å². The summed E-state index contributed by atoms with van der Waals surface area (Å²) >= 11 is 2.99. The number of anilines is 1. The number of Topliss-reactive ketones (excluding diaryl/α,β-unsaturated/α-hetero) is 1. The van der Waals surface area contributed by atoms with Gasteiger partial charge in [0.1, 0.15) is 11.5 Å². The van der Waals surface area contributed by atoms with E-state index in [1.807, 2.05) is 0 Å². The Bertz CT molecular complexity index is 385. The third kappa shape index (κ3) is 3.44. The number of carbonyl (C=O) groups is 1. The second-order valence-electron chi connectivity index (χ2n) is 3.05. The Hall–Kier alpha value is -1.17. The third-order valence-electron chi connectivity index (χ3n) is 1.91. The van der Waals surface area contributed by atoms with Crippen molar-refractivity contribution >= 4 is 27.4 Å². The molecule has 0 heterocycles. The van der Waals surface area contributed by atoms with E-state index in [0.29, 0.717) is 5.56 Å². The van der Waals surface area contributed by atoms with Crippen LogP contribution in [-0.4, -0.2) is 17.7 Å². The number of hydrogen-bond acceptors (Lipinski definition) is 3. The van der Waals surface area contributed by atoms with E-state index in [1.54, 1.807) is 0 Å². The Morgan fingerprint density at radius 1 is 1.50 bits per heavy atom. The summed E-state index contributed by atoms with van der Waals surface area (Å²) < 4.78 is 28.5. The van der Waals surface area contributed by atoms with Crippen LogP contribution in [0, 0.1) is 0 Å². The van der Waals surface area contributed by atoms with Gasteiger partial charge in [-0.15, -0.1) is 0 Å². The van der Waals surface area contributed by atoms with Gasteiger partial charge in [-0.3, -0.25) is 4.79 Å². The quantitative estimate of drug-likeness (QED) is 0.670. The van der Waals surface area contributed by atoms with Crippen molar-refractivity contribution in [3.8, 4) is 5.75 Å². The number of ketones is 1. The number of nitrogens with two attached hydrogens (primary N) is 1. The molecule has 0 saturated heterocycles. The van der Waals surface area contributed by atoms with Gasteiger partial charge >= 0.3 is 6.61 Å². The fraction of sp³-hybridized carbons (Fsp3) is 0.300. The predicted octanol–water partition coefficient (Wildman–Crippen LogP) is 2.38. The average molecular weight is 294 g/mol. The Kier molecular flexibility index (Phi) is 4.67. The van der Waals surface area contributed by atoms with Crippen molar-refractivity contribution in [2.24, 2.45) is 0 Å². The summed E-state index contributed by atoms with van der Waals surface area (Å²) in [4.78, 5) is 11.2. The van der Waals surface area contributed by atoms with Gasteiger partial charge in [-0.25, -0.2) is 0 Å². The Morgan fingerprint density at radius 3 is 2.75 bits per heavy atom. The van der Waals surface area contributed by atoms with Gasteiger partial charge in [-0.05, 0) is 12.1 Å². The molecule has 0 amide bonds. The van der Waals surface area contributed by atoms with Crippen LogP contribution in [0.25, 0.3) is 0 Å². The molecule has 0 saturated carbocycles. The number of benzene rings is 1. The van der Waals surface area contributed by atoms with Crippen LogP contribution in [0.4, 0.5) is 14.5 Å². The van der Waals surface area contributed by atoms with Crippen LogP contribution >= 0.6 is 15.9 Å². The highest BCUT2D eigenvalue weighted by Gasteiger charge is 2.14. The first-order chi connectivity index (χ1) is 7.54. The van der Waals surface area contributed by atoms with Crippen molar-refractivity contribution in [2.75, 3.05) is 11.1 Å². The molecule has 0 atom stereocenters. The lowest BCUT2D eigenvalue weighted by atomic mass is 10.1. The lowest BCUT2D eigenvalue weighted by Gasteiger charge is -2.11. The number of nitrogen functional groups attached to an aromatic ring is 1. The molecule has 88 valence electrons. The monoisotopic (exact) mass is 293 g/mol. The van der Waals surface area contributed by atoms with Crippen molar-refractivity contribution in [3.63, 3.8) is 0 Å². The highest BCUT2D eigenvalue weighted by molar-refractivity contribution is 9.09. The van der Waals surface area contributed by atoms with Gasteiger partial charge in [0.2, 0.25) is 0 Å². The number of ether oxygens (including phenoxy) is 1. The minimum absolute atomic E-state index is 0.0278. The molecule has 3 nitrogen and oxygen atoms in total. The molecule has 0 bridgehead atoms. The van der Waals surface area contributed by atoms with Gasteiger partial charge in [-0.2, -0.15) is 8.78 Å². The summed E-state index contributed by atoms with van der Waals surface area (Å²) in [6.07, 6.45) is -0.0278. The number of alkyl halides is 3. The SMILES string of the molecule is Nc1cccc(OC(F)F)c1CC(=O)CBr. The first-order valence-electron chi connectivity index (χ1n) is 4.44. The standard InChI is InChI=1S/C10H10BrF2NO2/c11-5-6(15)4-7-8(14)2-1-3-9(7)16-10(12)13/h1-3,10H,4-5,14H2. The molecule has 0 radical (unpaired) electrons. The van der Waals surface area contributed by atoms with Gasteiger partial charge in [-0.1, -0.05) is 22.0 Å². The average Bonchev–Trinajstić information content (AvgIpc) is 2.22. The van der Waals surface area contributed by atoms with Crippen LogP contribution in [0.15, 0.2) is 18.2 Å². The molecule has 1 aromatic rings. The van der Waals surface area contributed by atoms with Crippen LogP contribution in [0.5, 0.6) is 5.75 Å². The van der Waals surface area contributed by atoms with E-state index in [4.69, 9.17) is 5.73 Å². The number of hydrogen-bond donors (Lipinski definition) is 1. The summed E-state index contributed by atoms with van der Waals surface area (Å²) in [6, 6.07) is 4.39. The molecule has 0 aliphatic heterocycles. The summed E-state index contributed by atoms with van der Waals surface area (Å²) in [5.74, 6) is -0.207. The Morgan fingerprint density at radius 2 is 2.19 bits per heavy atom. The second-order valence-corrected chi connectivity index (χ2v) is 3.61. The number of carbonyl (C=O) groups excluding carboxylic acids is 1. The summed E-state index contributed by atoms with van der Waals surface area (Å²) in [5.41, 5.74) is 6.18. The van der Waals surface area contributed by atoms with E-state index in [-0.39, 0.29) is 29.0 Å². The smallest absolute Gasteiger partial charge is 0.387 e. The molecular weight excluding hydrogens is 284 g/mol. The number of halogens is 3. The van der Waals surface area contributed by atoms with Crippen LogP contribution < -0.4 is 10.5 Å². The van der Waals surface area contributed by atoms with Gasteiger partial charge in [0.15, 0.2) is 0 Å². The van der Waals surface area contributed by atoms with Crippen molar-refractivity contribution in [3.05, 3.63) is 23.8 Å². The molecule has 2 N–H and O–H groups in total. The normalized spacial score (nSPS) is 10.5. The van der Waals surface area contributed by atoms with Crippen molar-refractivity contribution in [1.29, 1.82) is 0 Å². The topological polar surface area (TPSA) is 52.3 Å². The molecule has 0 aliphatic rings. The van der Waals surface area contributed by atoms with E-state index in [2.05, 4.69) is 20.7 Å². The van der Waals surface area contributed by atoms with Crippen LogP contribution in [0.1, 0.15) is 5.56 Å². The zero-order valence-corrected chi connectivity index (χ0v) is 9.84. The maximum Gasteiger partial charge on any atom is 0.387 e. The maximum atomic E-state index is 12.1. The molecule has 0 spiro atoms. The highest BCUT2D eigenvalue weighted by Crippen LogP contribution is 2.26. The van der Waals surface area contributed by atoms with Crippen LogP contribution in [-0.2, 0) is 11.2 Å². The molecule has 1 rings (SSSR count). The van der Waals surface area contributed by atoms with E-state index < -0.39 is 6.61 Å².